The highest BCUT2D eigenvalue weighted by atomic mass is 16.5. The van der Waals surface area contributed by atoms with Crippen LogP contribution < -0.4 is 0 Å². The SMILES string of the molecule is CCc1nocc1CN(C)C(=O)C(C)n1nnnc1C(C)(C)C. The summed E-state index contributed by atoms with van der Waals surface area (Å²) in [7, 11) is 1.76. The molecule has 0 spiro atoms. The van der Waals surface area contributed by atoms with Crippen LogP contribution >= 0.6 is 0 Å². The van der Waals surface area contributed by atoms with Crippen LogP contribution in [-0.4, -0.2) is 43.2 Å². The summed E-state index contributed by atoms with van der Waals surface area (Å²) in [5.41, 5.74) is 1.55. The summed E-state index contributed by atoms with van der Waals surface area (Å²) in [5.74, 6) is 0.622. The van der Waals surface area contributed by atoms with Gasteiger partial charge in [0.2, 0.25) is 5.91 Å². The van der Waals surface area contributed by atoms with Crippen molar-refractivity contribution in [2.45, 2.75) is 59.0 Å². The van der Waals surface area contributed by atoms with Gasteiger partial charge in [0, 0.05) is 18.0 Å². The number of aryl methyl sites for hydroxylation is 1. The zero-order chi connectivity index (χ0) is 17.2. The fourth-order valence-electron chi connectivity index (χ4n) is 2.41. The van der Waals surface area contributed by atoms with Gasteiger partial charge in [0.25, 0.3) is 0 Å². The van der Waals surface area contributed by atoms with Crippen LogP contribution in [0.4, 0.5) is 0 Å². The van der Waals surface area contributed by atoms with E-state index in [1.54, 1.807) is 29.8 Å². The fourth-order valence-corrected chi connectivity index (χ4v) is 2.41. The van der Waals surface area contributed by atoms with Gasteiger partial charge in [0.15, 0.2) is 5.82 Å². The van der Waals surface area contributed by atoms with E-state index in [0.29, 0.717) is 12.4 Å². The van der Waals surface area contributed by atoms with Crippen LogP contribution in [0.2, 0.25) is 0 Å². The second kappa shape index (κ2) is 6.47. The normalized spacial score (nSPS) is 13.1. The van der Waals surface area contributed by atoms with Crippen molar-refractivity contribution in [2.24, 2.45) is 0 Å². The summed E-state index contributed by atoms with van der Waals surface area (Å²) < 4.78 is 6.58. The van der Waals surface area contributed by atoms with Crippen molar-refractivity contribution in [1.29, 1.82) is 0 Å². The molecular weight excluding hydrogens is 296 g/mol. The Bertz CT molecular complexity index is 670. The highest BCUT2D eigenvalue weighted by molar-refractivity contribution is 5.79. The zero-order valence-corrected chi connectivity index (χ0v) is 14.6. The van der Waals surface area contributed by atoms with Crippen LogP contribution in [0.1, 0.15) is 57.7 Å². The largest absolute Gasteiger partial charge is 0.364 e. The van der Waals surface area contributed by atoms with Crippen molar-refractivity contribution in [1.82, 2.24) is 30.3 Å². The average molecular weight is 320 g/mol. The molecule has 2 aromatic heterocycles. The maximum Gasteiger partial charge on any atom is 0.247 e. The molecule has 0 aliphatic heterocycles. The maximum absolute atomic E-state index is 12.7. The smallest absolute Gasteiger partial charge is 0.247 e. The van der Waals surface area contributed by atoms with E-state index in [1.807, 2.05) is 27.7 Å². The number of hydrogen-bond donors (Lipinski definition) is 0. The molecule has 0 aliphatic carbocycles. The molecule has 1 atom stereocenters. The van der Waals surface area contributed by atoms with Gasteiger partial charge in [-0.05, 0) is 23.8 Å². The molecule has 126 valence electrons. The molecule has 1 unspecified atom stereocenters. The first-order valence-corrected chi connectivity index (χ1v) is 7.71. The number of likely N-dealkylation sites (N-methyl/N-ethyl adjacent to an activating group) is 1. The molecule has 0 saturated carbocycles. The van der Waals surface area contributed by atoms with E-state index in [1.165, 1.54) is 0 Å². The minimum atomic E-state index is -0.478. The Kier molecular flexibility index (Phi) is 4.82. The molecule has 2 rings (SSSR count). The number of hydrogen-bond acceptors (Lipinski definition) is 6. The van der Waals surface area contributed by atoms with Crippen molar-refractivity contribution >= 4 is 5.91 Å². The maximum atomic E-state index is 12.7. The molecular formula is C15H24N6O2. The van der Waals surface area contributed by atoms with Crippen LogP contribution in [0, 0.1) is 0 Å². The Hall–Kier alpha value is -2.25. The molecule has 1 amide bonds. The van der Waals surface area contributed by atoms with E-state index in [2.05, 4.69) is 20.7 Å². The third-order valence-corrected chi connectivity index (χ3v) is 3.74. The van der Waals surface area contributed by atoms with Crippen molar-refractivity contribution in [2.75, 3.05) is 7.05 Å². The van der Waals surface area contributed by atoms with Gasteiger partial charge in [0.1, 0.15) is 12.3 Å². The topological polar surface area (TPSA) is 89.9 Å². The summed E-state index contributed by atoms with van der Waals surface area (Å²) in [4.78, 5) is 14.3. The molecule has 0 N–H and O–H groups in total. The van der Waals surface area contributed by atoms with Gasteiger partial charge in [-0.25, -0.2) is 4.68 Å². The number of aromatic nitrogens is 5. The molecule has 2 aromatic rings. The number of rotatable bonds is 5. The third-order valence-electron chi connectivity index (χ3n) is 3.74. The van der Waals surface area contributed by atoms with Crippen molar-refractivity contribution in [3.05, 3.63) is 23.3 Å². The number of carbonyl (C=O) groups excluding carboxylic acids is 1. The summed E-state index contributed by atoms with van der Waals surface area (Å²) in [6, 6.07) is -0.478. The molecule has 0 bridgehead atoms. The lowest BCUT2D eigenvalue weighted by molar-refractivity contribution is -0.133. The minimum Gasteiger partial charge on any atom is -0.364 e. The molecule has 8 nitrogen and oxygen atoms in total. The van der Waals surface area contributed by atoms with Gasteiger partial charge in [-0.1, -0.05) is 32.9 Å². The second-order valence-corrected chi connectivity index (χ2v) is 6.71. The van der Waals surface area contributed by atoms with E-state index in [0.717, 1.165) is 17.7 Å². The van der Waals surface area contributed by atoms with Gasteiger partial charge in [0.05, 0.1) is 12.2 Å². The third kappa shape index (κ3) is 3.57. The van der Waals surface area contributed by atoms with Crippen molar-refractivity contribution < 1.29 is 9.32 Å². The lowest BCUT2D eigenvalue weighted by atomic mass is 9.95. The number of tetrazole rings is 1. The predicted octanol–water partition coefficient (Wildman–Crippen LogP) is 1.74. The van der Waals surface area contributed by atoms with Crippen LogP contribution in [0.15, 0.2) is 10.8 Å². The van der Waals surface area contributed by atoms with E-state index < -0.39 is 6.04 Å². The van der Waals surface area contributed by atoms with Crippen LogP contribution in [0.3, 0.4) is 0 Å². The minimum absolute atomic E-state index is 0.0638. The van der Waals surface area contributed by atoms with E-state index in [-0.39, 0.29) is 11.3 Å². The van der Waals surface area contributed by atoms with Gasteiger partial charge < -0.3 is 9.42 Å². The van der Waals surface area contributed by atoms with E-state index >= 15 is 0 Å². The molecule has 0 saturated heterocycles. The quantitative estimate of drug-likeness (QED) is 0.833. The second-order valence-electron chi connectivity index (χ2n) is 6.71. The predicted molar refractivity (Wildman–Crippen MR) is 83.6 cm³/mol. The molecule has 23 heavy (non-hydrogen) atoms. The summed E-state index contributed by atoms with van der Waals surface area (Å²) in [6.07, 6.45) is 2.36. The van der Waals surface area contributed by atoms with Crippen LogP contribution in [0.25, 0.3) is 0 Å². The summed E-state index contributed by atoms with van der Waals surface area (Å²) >= 11 is 0. The first-order valence-electron chi connectivity index (χ1n) is 7.71. The summed E-state index contributed by atoms with van der Waals surface area (Å²) in [6.45, 7) is 10.3. The highest BCUT2D eigenvalue weighted by Crippen LogP contribution is 2.22. The van der Waals surface area contributed by atoms with E-state index in [4.69, 9.17) is 4.52 Å². The van der Waals surface area contributed by atoms with E-state index in [9.17, 15) is 4.79 Å². The van der Waals surface area contributed by atoms with Gasteiger partial charge in [-0.3, -0.25) is 4.79 Å². The number of carbonyl (C=O) groups is 1. The Morgan fingerprint density at radius 1 is 1.43 bits per heavy atom. The zero-order valence-electron chi connectivity index (χ0n) is 14.6. The Morgan fingerprint density at radius 2 is 2.13 bits per heavy atom. The Balaban J connectivity index is 2.15. The lowest BCUT2D eigenvalue weighted by Crippen LogP contribution is -2.35. The fraction of sp³-hybridized carbons (Fsp3) is 0.667. The van der Waals surface area contributed by atoms with Gasteiger partial charge in [-0.15, -0.1) is 5.10 Å². The monoisotopic (exact) mass is 320 g/mol. The molecule has 2 heterocycles. The first-order chi connectivity index (χ1) is 10.8. The molecule has 0 aromatic carbocycles. The van der Waals surface area contributed by atoms with Gasteiger partial charge >= 0.3 is 0 Å². The number of nitrogens with zero attached hydrogens (tertiary/aromatic N) is 6. The van der Waals surface area contributed by atoms with Crippen molar-refractivity contribution in [3.63, 3.8) is 0 Å². The molecule has 0 fully saturated rings. The molecule has 0 aliphatic rings. The lowest BCUT2D eigenvalue weighted by Gasteiger charge is -2.24. The first kappa shape index (κ1) is 17.1. The Labute approximate surface area is 135 Å². The Morgan fingerprint density at radius 3 is 2.74 bits per heavy atom. The standard InChI is InChI=1S/C15H24N6O2/c1-7-12-11(9-23-17-12)8-20(6)13(22)10(2)21-14(15(3,4)5)16-18-19-21/h9-10H,7-8H2,1-6H3. The highest BCUT2D eigenvalue weighted by Gasteiger charge is 2.29. The summed E-state index contributed by atoms with van der Waals surface area (Å²) in [5, 5.41) is 15.7. The van der Waals surface area contributed by atoms with Crippen LogP contribution in [0.5, 0.6) is 0 Å². The van der Waals surface area contributed by atoms with Crippen molar-refractivity contribution in [3.8, 4) is 0 Å². The number of amides is 1. The van der Waals surface area contributed by atoms with Gasteiger partial charge in [-0.2, -0.15) is 0 Å². The average Bonchev–Trinajstić information content (AvgIpc) is 3.13. The molecule has 8 heteroatoms. The van der Waals surface area contributed by atoms with Crippen LogP contribution in [-0.2, 0) is 23.2 Å². The molecule has 0 radical (unpaired) electrons.